The van der Waals surface area contributed by atoms with Crippen LogP contribution in [0, 0.1) is 0 Å². The average Bonchev–Trinajstić information content (AvgIpc) is 3.33. The molecule has 3 heterocycles. The molecule has 2 saturated heterocycles. The number of ether oxygens (including phenoxy) is 1. The van der Waals surface area contributed by atoms with Crippen molar-refractivity contribution in [2.75, 3.05) is 39.3 Å². The lowest BCUT2D eigenvalue weighted by Gasteiger charge is -2.27. The Balaban J connectivity index is 1.42. The van der Waals surface area contributed by atoms with Crippen LogP contribution in [-0.4, -0.2) is 81.3 Å². The van der Waals surface area contributed by atoms with E-state index in [1.165, 1.54) is 19.2 Å². The van der Waals surface area contributed by atoms with Gasteiger partial charge in [-0.1, -0.05) is 0 Å². The van der Waals surface area contributed by atoms with E-state index in [2.05, 4.69) is 20.4 Å². The van der Waals surface area contributed by atoms with Gasteiger partial charge in [-0.05, 0) is 67.0 Å². The number of amides is 1. The van der Waals surface area contributed by atoms with Crippen LogP contribution in [0.3, 0.4) is 0 Å². The molecule has 2 aliphatic rings. The fourth-order valence-electron chi connectivity index (χ4n) is 3.66. The second-order valence-corrected chi connectivity index (χ2v) is 6.91. The summed E-state index contributed by atoms with van der Waals surface area (Å²) in [6.07, 6.45) is 5.04. The van der Waals surface area contributed by atoms with E-state index in [-0.39, 0.29) is 12.0 Å². The van der Waals surface area contributed by atoms with Crippen molar-refractivity contribution in [1.82, 2.24) is 30.0 Å². The molecule has 0 radical (unpaired) electrons. The first-order chi connectivity index (χ1) is 12.8. The normalized spacial score (nSPS) is 21.7. The Hall–Kier alpha value is -2.32. The smallest absolute Gasteiger partial charge is 0.253 e. The molecule has 0 bridgehead atoms. The Morgan fingerprint density at radius 2 is 1.92 bits per heavy atom. The molecule has 1 atom stereocenters. The number of aromatic nitrogens is 4. The molecule has 2 aromatic rings. The first-order valence-corrected chi connectivity index (χ1v) is 9.26. The number of carbonyl (C=O) groups excluding carboxylic acids is 1. The van der Waals surface area contributed by atoms with Crippen LogP contribution >= 0.6 is 0 Å². The molecule has 0 spiro atoms. The quantitative estimate of drug-likeness (QED) is 0.813. The molecule has 26 heavy (non-hydrogen) atoms. The second kappa shape index (κ2) is 7.92. The number of carbonyl (C=O) groups is 1. The molecule has 8 heteroatoms. The molecule has 4 rings (SSSR count). The van der Waals surface area contributed by atoms with Crippen LogP contribution in [0.5, 0.6) is 0 Å². The molecule has 1 amide bonds. The van der Waals surface area contributed by atoms with Gasteiger partial charge in [-0.2, -0.15) is 0 Å². The van der Waals surface area contributed by atoms with Crippen molar-refractivity contribution in [2.45, 2.75) is 25.4 Å². The van der Waals surface area contributed by atoms with Gasteiger partial charge < -0.3 is 14.5 Å². The Morgan fingerprint density at radius 3 is 2.65 bits per heavy atom. The highest BCUT2D eigenvalue weighted by molar-refractivity contribution is 5.94. The van der Waals surface area contributed by atoms with Gasteiger partial charge >= 0.3 is 0 Å². The minimum Gasteiger partial charge on any atom is -0.375 e. The lowest BCUT2D eigenvalue weighted by atomic mass is 10.1. The maximum atomic E-state index is 12.9. The molecule has 2 aliphatic heterocycles. The number of nitrogens with zero attached hydrogens (tertiary/aromatic N) is 6. The van der Waals surface area contributed by atoms with Crippen molar-refractivity contribution in [2.24, 2.45) is 0 Å². The summed E-state index contributed by atoms with van der Waals surface area (Å²) in [6.45, 7) is 5.33. The molecule has 0 N–H and O–H groups in total. The standard InChI is InChI=1S/C18H24N6O2/c25-18(15-4-6-16(7-5-15)24-14-19-20-21-24)23-10-3-11-26-17(13-23)12-22-8-1-2-9-22/h4-7,14,17H,1-3,8-13H2/t17-/m0/s1. The first-order valence-electron chi connectivity index (χ1n) is 9.26. The van der Waals surface area contributed by atoms with Gasteiger partial charge in [-0.25, -0.2) is 4.68 Å². The number of benzene rings is 1. The van der Waals surface area contributed by atoms with Gasteiger partial charge in [0.2, 0.25) is 0 Å². The van der Waals surface area contributed by atoms with Crippen molar-refractivity contribution < 1.29 is 9.53 Å². The van der Waals surface area contributed by atoms with Crippen LogP contribution in [0.2, 0.25) is 0 Å². The van der Waals surface area contributed by atoms with E-state index in [4.69, 9.17) is 4.74 Å². The third kappa shape index (κ3) is 3.91. The molecule has 8 nitrogen and oxygen atoms in total. The Labute approximate surface area is 152 Å². The first kappa shape index (κ1) is 17.1. The molecule has 138 valence electrons. The summed E-state index contributed by atoms with van der Waals surface area (Å²) in [5.74, 6) is 0.0604. The third-order valence-corrected chi connectivity index (χ3v) is 5.03. The molecule has 1 aromatic carbocycles. The summed E-state index contributed by atoms with van der Waals surface area (Å²) < 4.78 is 7.56. The van der Waals surface area contributed by atoms with Crippen LogP contribution in [0.1, 0.15) is 29.6 Å². The van der Waals surface area contributed by atoms with Crippen molar-refractivity contribution in [3.63, 3.8) is 0 Å². The molecule has 0 unspecified atom stereocenters. The highest BCUT2D eigenvalue weighted by Gasteiger charge is 2.26. The molecule has 0 aliphatic carbocycles. The van der Waals surface area contributed by atoms with E-state index < -0.39 is 0 Å². The number of likely N-dealkylation sites (tertiary alicyclic amines) is 1. The number of hydrogen-bond donors (Lipinski definition) is 0. The van der Waals surface area contributed by atoms with Crippen molar-refractivity contribution in [3.05, 3.63) is 36.2 Å². The topological polar surface area (TPSA) is 76.4 Å². The van der Waals surface area contributed by atoms with E-state index in [1.54, 1.807) is 4.68 Å². The predicted octanol–water partition coefficient (Wildman–Crippen LogP) is 0.989. The van der Waals surface area contributed by atoms with Crippen molar-refractivity contribution in [3.8, 4) is 5.69 Å². The van der Waals surface area contributed by atoms with E-state index in [9.17, 15) is 4.79 Å². The highest BCUT2D eigenvalue weighted by atomic mass is 16.5. The van der Waals surface area contributed by atoms with E-state index in [1.807, 2.05) is 29.2 Å². The lowest BCUT2D eigenvalue weighted by molar-refractivity contribution is 0.0297. The summed E-state index contributed by atoms with van der Waals surface area (Å²) in [7, 11) is 0. The van der Waals surface area contributed by atoms with Crippen LogP contribution in [0.15, 0.2) is 30.6 Å². The van der Waals surface area contributed by atoms with Crippen LogP contribution in [0.25, 0.3) is 5.69 Å². The van der Waals surface area contributed by atoms with Crippen molar-refractivity contribution >= 4 is 5.91 Å². The Morgan fingerprint density at radius 1 is 1.12 bits per heavy atom. The van der Waals surface area contributed by atoms with Crippen LogP contribution in [-0.2, 0) is 4.74 Å². The summed E-state index contributed by atoms with van der Waals surface area (Å²) >= 11 is 0. The number of rotatable bonds is 4. The van der Waals surface area contributed by atoms with Gasteiger partial charge in [-0.3, -0.25) is 4.79 Å². The monoisotopic (exact) mass is 356 g/mol. The van der Waals surface area contributed by atoms with E-state index in [0.717, 1.165) is 44.9 Å². The van der Waals surface area contributed by atoms with E-state index >= 15 is 0 Å². The van der Waals surface area contributed by atoms with Crippen molar-refractivity contribution in [1.29, 1.82) is 0 Å². The maximum Gasteiger partial charge on any atom is 0.253 e. The number of tetrazole rings is 1. The fourth-order valence-corrected chi connectivity index (χ4v) is 3.66. The van der Waals surface area contributed by atoms with Crippen LogP contribution < -0.4 is 0 Å². The van der Waals surface area contributed by atoms with E-state index in [0.29, 0.717) is 12.1 Å². The van der Waals surface area contributed by atoms with Gasteiger partial charge in [-0.15, -0.1) is 5.10 Å². The fraction of sp³-hybridized carbons (Fsp3) is 0.556. The van der Waals surface area contributed by atoms with Crippen LogP contribution in [0.4, 0.5) is 0 Å². The zero-order valence-electron chi connectivity index (χ0n) is 14.8. The summed E-state index contributed by atoms with van der Waals surface area (Å²) in [4.78, 5) is 17.3. The average molecular weight is 356 g/mol. The molecule has 1 aromatic heterocycles. The largest absolute Gasteiger partial charge is 0.375 e. The lowest BCUT2D eigenvalue weighted by Crippen LogP contribution is -2.41. The number of hydrogen-bond acceptors (Lipinski definition) is 6. The van der Waals surface area contributed by atoms with Gasteiger partial charge in [0, 0.05) is 31.8 Å². The second-order valence-electron chi connectivity index (χ2n) is 6.91. The van der Waals surface area contributed by atoms with Gasteiger partial charge in [0.1, 0.15) is 6.33 Å². The summed E-state index contributed by atoms with van der Waals surface area (Å²) in [5.41, 5.74) is 1.52. The Kier molecular flexibility index (Phi) is 5.21. The highest BCUT2D eigenvalue weighted by Crippen LogP contribution is 2.16. The maximum absolute atomic E-state index is 12.9. The SMILES string of the molecule is O=C(c1ccc(-n2cnnn2)cc1)N1CCCO[C@@H](CN2CCCC2)C1. The minimum atomic E-state index is 0.0604. The van der Waals surface area contributed by atoms with Gasteiger partial charge in [0.25, 0.3) is 5.91 Å². The third-order valence-electron chi connectivity index (χ3n) is 5.03. The predicted molar refractivity (Wildman–Crippen MR) is 95.1 cm³/mol. The van der Waals surface area contributed by atoms with Gasteiger partial charge in [0.15, 0.2) is 0 Å². The summed E-state index contributed by atoms with van der Waals surface area (Å²) in [5, 5.41) is 11.1. The minimum absolute atomic E-state index is 0.0604. The zero-order chi connectivity index (χ0) is 17.8. The molecular weight excluding hydrogens is 332 g/mol. The molecular formula is C18H24N6O2. The molecule has 2 fully saturated rings. The zero-order valence-corrected chi connectivity index (χ0v) is 14.8. The Bertz CT molecular complexity index is 712. The van der Waals surface area contributed by atoms with Gasteiger partial charge in [0.05, 0.1) is 11.8 Å². The summed E-state index contributed by atoms with van der Waals surface area (Å²) in [6, 6.07) is 7.39. The molecule has 0 saturated carbocycles.